The van der Waals surface area contributed by atoms with Gasteiger partial charge in [-0.25, -0.2) is 4.39 Å². The number of hydrogen-bond donors (Lipinski definition) is 0. The van der Waals surface area contributed by atoms with Crippen LogP contribution in [0.2, 0.25) is 5.02 Å². The molecule has 0 aromatic heterocycles. The number of carbonyl (C=O) groups excluding carboxylic acids is 1. The van der Waals surface area contributed by atoms with Gasteiger partial charge in [0, 0.05) is 18.2 Å². The molecule has 0 saturated carbocycles. The van der Waals surface area contributed by atoms with Crippen LogP contribution in [0.5, 0.6) is 0 Å². The lowest BCUT2D eigenvalue weighted by molar-refractivity contribution is -0.119. The van der Waals surface area contributed by atoms with Crippen molar-refractivity contribution in [1.29, 1.82) is 0 Å². The Bertz CT molecular complexity index is 464. The van der Waals surface area contributed by atoms with Crippen molar-refractivity contribution in [2.75, 3.05) is 4.90 Å². The maximum Gasteiger partial charge on any atom is 0.227 e. The summed E-state index contributed by atoms with van der Waals surface area (Å²) in [5.41, 5.74) is 0.684. The Morgan fingerprint density at radius 2 is 2.00 bits per heavy atom. The van der Waals surface area contributed by atoms with Crippen LogP contribution in [0.15, 0.2) is 18.2 Å². The van der Waals surface area contributed by atoms with Gasteiger partial charge in [-0.2, -0.15) is 0 Å². The lowest BCUT2D eigenvalue weighted by Gasteiger charge is -2.30. The van der Waals surface area contributed by atoms with Crippen LogP contribution in [0, 0.1) is 5.82 Å². The van der Waals surface area contributed by atoms with Gasteiger partial charge in [0.1, 0.15) is 5.82 Å². The standard InChI is InChI=1S/C17H25ClFNO/c1-4-6-7-9-13(3)20(17(21)8-5-2)14-10-11-16(19)15(18)12-14/h10-13H,4-9H2,1-3H3. The van der Waals surface area contributed by atoms with Crippen LogP contribution < -0.4 is 4.90 Å². The molecule has 118 valence electrons. The van der Waals surface area contributed by atoms with Gasteiger partial charge in [0.05, 0.1) is 5.02 Å². The van der Waals surface area contributed by atoms with E-state index in [1.165, 1.54) is 6.07 Å². The lowest BCUT2D eigenvalue weighted by Crippen LogP contribution is -2.38. The maximum atomic E-state index is 13.3. The van der Waals surface area contributed by atoms with Crippen LogP contribution in [0.3, 0.4) is 0 Å². The van der Waals surface area contributed by atoms with Gasteiger partial charge in [-0.1, -0.05) is 44.7 Å². The molecule has 0 bridgehead atoms. The van der Waals surface area contributed by atoms with Crippen molar-refractivity contribution in [3.63, 3.8) is 0 Å². The third kappa shape index (κ3) is 5.31. The fourth-order valence-corrected chi connectivity index (χ4v) is 2.61. The molecule has 1 rings (SSSR count). The summed E-state index contributed by atoms with van der Waals surface area (Å²) in [5.74, 6) is -0.383. The first-order valence-electron chi connectivity index (χ1n) is 7.78. The second-order valence-corrected chi connectivity index (χ2v) is 5.86. The minimum Gasteiger partial charge on any atom is -0.310 e. The number of amides is 1. The van der Waals surface area contributed by atoms with E-state index in [1.807, 2.05) is 13.8 Å². The summed E-state index contributed by atoms with van der Waals surface area (Å²) < 4.78 is 13.3. The van der Waals surface area contributed by atoms with E-state index in [4.69, 9.17) is 11.6 Å². The number of carbonyl (C=O) groups is 1. The first-order chi connectivity index (χ1) is 10.0. The number of nitrogens with zero attached hydrogens (tertiary/aromatic N) is 1. The summed E-state index contributed by atoms with van der Waals surface area (Å²) >= 11 is 5.86. The van der Waals surface area contributed by atoms with E-state index in [-0.39, 0.29) is 17.0 Å². The van der Waals surface area contributed by atoms with Gasteiger partial charge in [0.15, 0.2) is 0 Å². The molecule has 0 aliphatic heterocycles. The molecule has 0 spiro atoms. The Morgan fingerprint density at radius 3 is 2.57 bits per heavy atom. The molecule has 1 amide bonds. The van der Waals surface area contributed by atoms with Crippen molar-refractivity contribution >= 4 is 23.2 Å². The first kappa shape index (κ1) is 18.0. The second kappa shape index (κ2) is 9.04. The maximum absolute atomic E-state index is 13.3. The molecule has 0 saturated heterocycles. The fourth-order valence-electron chi connectivity index (χ4n) is 2.43. The molecule has 1 aromatic rings. The van der Waals surface area contributed by atoms with Gasteiger partial charge in [0.2, 0.25) is 5.91 Å². The summed E-state index contributed by atoms with van der Waals surface area (Å²) in [6.07, 6.45) is 5.63. The SMILES string of the molecule is CCCCCC(C)N(C(=O)CCC)c1ccc(F)c(Cl)c1. The fraction of sp³-hybridized carbons (Fsp3) is 0.588. The first-order valence-corrected chi connectivity index (χ1v) is 8.16. The highest BCUT2D eigenvalue weighted by molar-refractivity contribution is 6.31. The van der Waals surface area contributed by atoms with Crippen molar-refractivity contribution in [2.45, 2.75) is 65.3 Å². The third-order valence-electron chi connectivity index (χ3n) is 3.58. The number of unbranched alkanes of at least 4 members (excludes halogenated alkanes) is 2. The Kier molecular flexibility index (Phi) is 7.73. The summed E-state index contributed by atoms with van der Waals surface area (Å²) in [7, 11) is 0. The van der Waals surface area contributed by atoms with Gasteiger partial charge in [-0.05, 0) is 38.0 Å². The van der Waals surface area contributed by atoms with E-state index in [2.05, 4.69) is 6.92 Å². The normalized spacial score (nSPS) is 12.2. The number of rotatable bonds is 8. The molecule has 0 heterocycles. The predicted octanol–water partition coefficient (Wildman–Crippen LogP) is 5.58. The van der Waals surface area contributed by atoms with Gasteiger partial charge in [-0.3, -0.25) is 4.79 Å². The summed E-state index contributed by atoms with van der Waals surface area (Å²) in [6, 6.07) is 4.59. The van der Waals surface area contributed by atoms with E-state index < -0.39 is 5.82 Å². The predicted molar refractivity (Wildman–Crippen MR) is 87.4 cm³/mol. The zero-order valence-electron chi connectivity index (χ0n) is 13.2. The van der Waals surface area contributed by atoms with Crippen LogP contribution in [0.1, 0.15) is 59.3 Å². The van der Waals surface area contributed by atoms with Crippen LogP contribution in [0.25, 0.3) is 0 Å². The molecular weight excluding hydrogens is 289 g/mol. The van der Waals surface area contributed by atoms with E-state index in [1.54, 1.807) is 17.0 Å². The summed E-state index contributed by atoms with van der Waals surface area (Å²) in [4.78, 5) is 14.2. The molecule has 2 nitrogen and oxygen atoms in total. The molecular formula is C17H25ClFNO. The highest BCUT2D eigenvalue weighted by Crippen LogP contribution is 2.26. The molecule has 1 aromatic carbocycles. The molecule has 0 aliphatic rings. The zero-order chi connectivity index (χ0) is 15.8. The Hall–Kier alpha value is -1.09. The highest BCUT2D eigenvalue weighted by Gasteiger charge is 2.21. The Morgan fingerprint density at radius 1 is 1.29 bits per heavy atom. The monoisotopic (exact) mass is 313 g/mol. The minimum atomic E-state index is -0.457. The molecule has 0 aliphatic carbocycles. The molecule has 0 fully saturated rings. The molecule has 0 N–H and O–H groups in total. The highest BCUT2D eigenvalue weighted by atomic mass is 35.5. The number of halogens is 2. The van der Waals surface area contributed by atoms with Crippen LogP contribution in [-0.4, -0.2) is 11.9 Å². The lowest BCUT2D eigenvalue weighted by atomic mass is 10.1. The molecule has 1 atom stereocenters. The average Bonchev–Trinajstić information content (AvgIpc) is 2.43. The largest absolute Gasteiger partial charge is 0.310 e. The van der Waals surface area contributed by atoms with Crippen molar-refractivity contribution in [2.24, 2.45) is 0 Å². The Labute approximate surface area is 132 Å². The molecule has 21 heavy (non-hydrogen) atoms. The smallest absolute Gasteiger partial charge is 0.227 e. The van der Waals surface area contributed by atoms with Gasteiger partial charge in [0.25, 0.3) is 0 Å². The summed E-state index contributed by atoms with van der Waals surface area (Å²) in [5, 5.41) is 0.0579. The molecule has 4 heteroatoms. The van der Waals surface area contributed by atoms with Gasteiger partial charge < -0.3 is 4.90 Å². The van der Waals surface area contributed by atoms with Gasteiger partial charge in [-0.15, -0.1) is 0 Å². The van der Waals surface area contributed by atoms with Crippen LogP contribution >= 0.6 is 11.6 Å². The third-order valence-corrected chi connectivity index (χ3v) is 3.87. The zero-order valence-corrected chi connectivity index (χ0v) is 13.9. The van der Waals surface area contributed by atoms with E-state index in [0.29, 0.717) is 12.1 Å². The van der Waals surface area contributed by atoms with Crippen LogP contribution in [0.4, 0.5) is 10.1 Å². The van der Waals surface area contributed by atoms with Crippen molar-refractivity contribution in [3.8, 4) is 0 Å². The Balaban J connectivity index is 2.95. The van der Waals surface area contributed by atoms with E-state index in [0.717, 1.165) is 32.1 Å². The van der Waals surface area contributed by atoms with Crippen molar-refractivity contribution in [3.05, 3.63) is 29.0 Å². The van der Waals surface area contributed by atoms with Gasteiger partial charge >= 0.3 is 0 Å². The minimum absolute atomic E-state index is 0.0579. The van der Waals surface area contributed by atoms with E-state index in [9.17, 15) is 9.18 Å². The van der Waals surface area contributed by atoms with E-state index >= 15 is 0 Å². The van der Waals surface area contributed by atoms with Crippen LogP contribution in [-0.2, 0) is 4.79 Å². The summed E-state index contributed by atoms with van der Waals surface area (Å²) in [6.45, 7) is 6.18. The topological polar surface area (TPSA) is 20.3 Å². The quantitative estimate of drug-likeness (QED) is 0.574. The molecule has 1 unspecified atom stereocenters. The average molecular weight is 314 g/mol. The second-order valence-electron chi connectivity index (χ2n) is 5.46. The molecule has 0 radical (unpaired) electrons. The number of hydrogen-bond acceptors (Lipinski definition) is 1. The number of anilines is 1. The number of benzene rings is 1. The van der Waals surface area contributed by atoms with Crippen molar-refractivity contribution in [1.82, 2.24) is 0 Å². The van der Waals surface area contributed by atoms with Crippen molar-refractivity contribution < 1.29 is 9.18 Å².